The molecule has 0 fully saturated rings. The number of carbonyl (C=O) groups is 2. The molecule has 0 aliphatic heterocycles. The summed E-state index contributed by atoms with van der Waals surface area (Å²) in [5, 5.41) is 5.45. The number of hydrogen-bond acceptors (Lipinski definition) is 4. The van der Waals surface area contributed by atoms with Crippen molar-refractivity contribution >= 4 is 23.2 Å². The predicted octanol–water partition coefficient (Wildman–Crippen LogP) is 4.16. The molecule has 0 unspecified atom stereocenters. The number of para-hydroxylation sites is 1. The highest BCUT2D eigenvalue weighted by Gasteiger charge is 2.16. The lowest BCUT2D eigenvalue weighted by molar-refractivity contribution is -0.220. The number of aryl methyl sites for hydroxylation is 2. The topological polar surface area (TPSA) is 66.8 Å². The number of benzene rings is 2. The van der Waals surface area contributed by atoms with Gasteiger partial charge in [-0.05, 0) is 70.5 Å². The van der Waals surface area contributed by atoms with Crippen molar-refractivity contribution in [1.82, 2.24) is 19.8 Å². The van der Waals surface area contributed by atoms with E-state index in [1.165, 1.54) is 10.6 Å². The van der Waals surface area contributed by atoms with Gasteiger partial charge in [0, 0.05) is 31.0 Å². The minimum Gasteiger partial charge on any atom is -0.349 e. The third-order valence-electron chi connectivity index (χ3n) is 5.84. The average molecular weight is 479 g/mol. The maximum absolute atomic E-state index is 12.6. The quantitative estimate of drug-likeness (QED) is 0.314. The fourth-order valence-electron chi connectivity index (χ4n) is 4.06. The Balaban J connectivity index is 1.37. The summed E-state index contributed by atoms with van der Waals surface area (Å²) in [5.74, 6) is -0.0433. The first kappa shape index (κ1) is 26.4. The van der Waals surface area contributed by atoms with E-state index in [1.807, 2.05) is 74.9 Å². The Morgan fingerprint density at radius 2 is 1.74 bits per heavy atom. The molecule has 188 valence electrons. The van der Waals surface area contributed by atoms with Gasteiger partial charge in [-0.2, -0.15) is 0 Å². The molecule has 3 aromatic rings. The van der Waals surface area contributed by atoms with Gasteiger partial charge < -0.3 is 14.8 Å². The van der Waals surface area contributed by atoms with Crippen LogP contribution < -0.4 is 5.32 Å². The van der Waals surface area contributed by atoms with Gasteiger partial charge in [0.2, 0.25) is 6.41 Å². The number of amides is 2. The molecule has 0 aliphatic carbocycles. The van der Waals surface area contributed by atoms with E-state index in [1.54, 1.807) is 0 Å². The van der Waals surface area contributed by atoms with Crippen LogP contribution in [0.2, 0.25) is 0 Å². The number of likely N-dealkylation sites (N-methyl/N-ethyl adjacent to an activating group) is 1. The largest absolute Gasteiger partial charge is 0.349 e. The van der Waals surface area contributed by atoms with Gasteiger partial charge in [-0.3, -0.25) is 14.4 Å². The highest BCUT2D eigenvalue weighted by Crippen LogP contribution is 2.18. The number of aromatic nitrogens is 1. The average Bonchev–Trinajstić information content (AvgIpc) is 3.15. The molecule has 0 radical (unpaired) electrons. The molecule has 0 aliphatic rings. The van der Waals surface area contributed by atoms with Crippen molar-refractivity contribution in [3.8, 4) is 0 Å². The molecule has 1 heterocycles. The van der Waals surface area contributed by atoms with Crippen LogP contribution in [0.15, 0.2) is 54.6 Å². The fraction of sp³-hybridized carbons (Fsp3) is 0.429. The van der Waals surface area contributed by atoms with E-state index < -0.39 is 5.60 Å². The molecular weight excluding hydrogens is 440 g/mol. The number of hydroxylamine groups is 2. The highest BCUT2D eigenvalue weighted by molar-refractivity contribution is 5.98. The van der Waals surface area contributed by atoms with Crippen molar-refractivity contribution in [2.24, 2.45) is 7.05 Å². The molecule has 0 saturated carbocycles. The molecule has 7 nitrogen and oxygen atoms in total. The van der Waals surface area contributed by atoms with Crippen molar-refractivity contribution in [1.29, 1.82) is 0 Å². The van der Waals surface area contributed by atoms with Gasteiger partial charge in [0.25, 0.3) is 5.91 Å². The van der Waals surface area contributed by atoms with Gasteiger partial charge >= 0.3 is 0 Å². The Morgan fingerprint density at radius 1 is 1.06 bits per heavy atom. The molecule has 0 spiro atoms. The lowest BCUT2D eigenvalue weighted by Crippen LogP contribution is -2.34. The van der Waals surface area contributed by atoms with Crippen LogP contribution in [0.25, 0.3) is 10.9 Å². The second-order valence-corrected chi connectivity index (χ2v) is 10.0. The first-order valence-electron chi connectivity index (χ1n) is 12.2. The SMILES string of the molecule is CN(CCCc1ccc(CN(C=O)OC(C)(C)C)cc1)CCNC(=O)c1cc2ccccc2n1C. The summed E-state index contributed by atoms with van der Waals surface area (Å²) >= 11 is 0. The summed E-state index contributed by atoms with van der Waals surface area (Å²) in [4.78, 5) is 31.8. The van der Waals surface area contributed by atoms with E-state index in [-0.39, 0.29) is 5.91 Å². The lowest BCUT2D eigenvalue weighted by atomic mass is 10.1. The van der Waals surface area contributed by atoms with E-state index in [0.29, 0.717) is 18.8 Å². The van der Waals surface area contributed by atoms with Gasteiger partial charge in [0.1, 0.15) is 5.69 Å². The predicted molar refractivity (Wildman–Crippen MR) is 140 cm³/mol. The molecule has 2 amide bonds. The van der Waals surface area contributed by atoms with Gasteiger partial charge in [0.15, 0.2) is 0 Å². The van der Waals surface area contributed by atoms with Crippen LogP contribution in [0.5, 0.6) is 0 Å². The molecule has 2 aromatic carbocycles. The molecule has 0 bridgehead atoms. The zero-order valence-electron chi connectivity index (χ0n) is 21.6. The van der Waals surface area contributed by atoms with Crippen LogP contribution in [-0.2, 0) is 29.6 Å². The Labute approximate surface area is 208 Å². The van der Waals surface area contributed by atoms with Crippen LogP contribution in [-0.4, -0.2) is 59.1 Å². The molecule has 1 N–H and O–H groups in total. The minimum absolute atomic E-state index is 0.0433. The van der Waals surface area contributed by atoms with E-state index >= 15 is 0 Å². The Kier molecular flexibility index (Phi) is 9.07. The standard InChI is InChI=1S/C28H38N4O3/c1-28(2,3)35-32(21-33)20-23-14-12-22(13-15-23)9-8-17-30(4)18-16-29-27(34)26-19-24-10-6-7-11-25(24)31(26)5/h6-7,10-15,19,21H,8-9,16-18,20H2,1-5H3,(H,29,34). The Morgan fingerprint density at radius 3 is 2.40 bits per heavy atom. The molecule has 3 rings (SSSR count). The summed E-state index contributed by atoms with van der Waals surface area (Å²) in [5.41, 5.74) is 3.62. The van der Waals surface area contributed by atoms with E-state index in [2.05, 4.69) is 29.4 Å². The molecule has 1 aromatic heterocycles. The summed E-state index contributed by atoms with van der Waals surface area (Å²) < 4.78 is 1.94. The molecule has 0 saturated heterocycles. The van der Waals surface area contributed by atoms with Crippen LogP contribution in [0.4, 0.5) is 0 Å². The maximum atomic E-state index is 12.6. The third-order valence-corrected chi connectivity index (χ3v) is 5.84. The zero-order valence-corrected chi connectivity index (χ0v) is 21.6. The van der Waals surface area contributed by atoms with Gasteiger partial charge in [0.05, 0.1) is 12.1 Å². The van der Waals surface area contributed by atoms with Crippen LogP contribution in [0.3, 0.4) is 0 Å². The first-order valence-corrected chi connectivity index (χ1v) is 12.2. The van der Waals surface area contributed by atoms with Crippen molar-refractivity contribution < 1.29 is 14.4 Å². The first-order chi connectivity index (χ1) is 16.7. The van der Waals surface area contributed by atoms with Gasteiger partial charge in [-0.25, -0.2) is 5.06 Å². The minimum atomic E-state index is -0.411. The van der Waals surface area contributed by atoms with Crippen LogP contribution in [0.1, 0.15) is 48.8 Å². The van der Waals surface area contributed by atoms with E-state index in [9.17, 15) is 9.59 Å². The summed E-state index contributed by atoms with van der Waals surface area (Å²) in [6.45, 7) is 8.53. The van der Waals surface area contributed by atoms with Crippen molar-refractivity contribution in [2.75, 3.05) is 26.7 Å². The summed E-state index contributed by atoms with van der Waals surface area (Å²) in [7, 11) is 4.00. The van der Waals surface area contributed by atoms with Gasteiger partial charge in [-0.1, -0.05) is 42.5 Å². The van der Waals surface area contributed by atoms with Gasteiger partial charge in [-0.15, -0.1) is 0 Å². The molecule has 35 heavy (non-hydrogen) atoms. The number of nitrogens with zero attached hydrogens (tertiary/aromatic N) is 3. The lowest BCUT2D eigenvalue weighted by Gasteiger charge is -2.26. The molecular formula is C28H38N4O3. The second kappa shape index (κ2) is 12.0. The van der Waals surface area contributed by atoms with Crippen molar-refractivity contribution in [3.05, 3.63) is 71.4 Å². The summed E-state index contributed by atoms with van der Waals surface area (Å²) in [6.07, 6.45) is 2.72. The molecule has 0 atom stereocenters. The number of fused-ring (bicyclic) bond motifs is 1. The molecule has 7 heteroatoms. The normalized spacial score (nSPS) is 11.7. The van der Waals surface area contributed by atoms with Crippen molar-refractivity contribution in [3.63, 3.8) is 0 Å². The van der Waals surface area contributed by atoms with Crippen LogP contribution >= 0.6 is 0 Å². The zero-order chi connectivity index (χ0) is 25.4. The third kappa shape index (κ3) is 7.94. The number of rotatable bonds is 12. The van der Waals surface area contributed by atoms with E-state index in [4.69, 9.17) is 4.84 Å². The van der Waals surface area contributed by atoms with Crippen molar-refractivity contribution in [2.45, 2.75) is 45.8 Å². The Hall–Kier alpha value is -3.16. The smallest absolute Gasteiger partial charge is 0.267 e. The summed E-state index contributed by atoms with van der Waals surface area (Å²) in [6, 6.07) is 18.3. The Bertz CT molecular complexity index is 1120. The highest BCUT2D eigenvalue weighted by atomic mass is 16.7. The van der Waals surface area contributed by atoms with E-state index in [0.717, 1.165) is 48.8 Å². The van der Waals surface area contributed by atoms with Crippen LogP contribution in [0, 0.1) is 0 Å². The fourth-order valence-corrected chi connectivity index (χ4v) is 4.06. The number of carbonyl (C=O) groups excluding carboxylic acids is 2. The number of nitrogens with one attached hydrogen (secondary N) is 1. The monoisotopic (exact) mass is 478 g/mol. The number of hydrogen-bond donors (Lipinski definition) is 1. The second-order valence-electron chi connectivity index (χ2n) is 10.0. The maximum Gasteiger partial charge on any atom is 0.267 e.